The predicted molar refractivity (Wildman–Crippen MR) is 50.3 cm³/mol. The zero-order chi connectivity index (χ0) is 9.52. The van der Waals surface area contributed by atoms with E-state index in [0.717, 1.165) is 39.3 Å². The largest absolute Gasteiger partial charge is 0.383 e. The Bertz CT molecular complexity index is 125. The zero-order valence-electron chi connectivity index (χ0n) is 8.37. The Morgan fingerprint density at radius 1 is 1.08 bits per heavy atom. The fourth-order valence-electron chi connectivity index (χ4n) is 1.59. The van der Waals surface area contributed by atoms with Gasteiger partial charge in [-0.05, 0) is 0 Å². The van der Waals surface area contributed by atoms with E-state index in [4.69, 9.17) is 4.74 Å². The number of piperazine rings is 1. The highest BCUT2D eigenvalue weighted by atomic mass is 16.5. The lowest BCUT2D eigenvalue weighted by Crippen LogP contribution is -2.47. The molecule has 0 aromatic rings. The van der Waals surface area contributed by atoms with Crippen LogP contribution >= 0.6 is 0 Å². The predicted octanol–water partition coefficient (Wildman–Crippen LogP) is -0.319. The number of rotatable bonds is 5. The van der Waals surface area contributed by atoms with Gasteiger partial charge in [-0.25, -0.2) is 5.11 Å². The average molecular weight is 187 g/mol. The number of methoxy groups -OCH3 is 1. The molecule has 13 heavy (non-hydrogen) atoms. The highest BCUT2D eigenvalue weighted by Gasteiger charge is 2.15. The van der Waals surface area contributed by atoms with Crippen LogP contribution in [0.2, 0.25) is 0 Å². The highest BCUT2D eigenvalue weighted by Crippen LogP contribution is 2.00. The minimum absolute atomic E-state index is 0.0259. The maximum atomic E-state index is 10.4. The van der Waals surface area contributed by atoms with E-state index in [-0.39, 0.29) is 6.61 Å². The highest BCUT2D eigenvalue weighted by molar-refractivity contribution is 4.71. The van der Waals surface area contributed by atoms with Gasteiger partial charge in [-0.3, -0.25) is 9.80 Å². The Kier molecular flexibility index (Phi) is 5.31. The summed E-state index contributed by atoms with van der Waals surface area (Å²) in [7, 11) is 1.73. The van der Waals surface area contributed by atoms with Crippen molar-refractivity contribution in [1.82, 2.24) is 9.80 Å². The van der Waals surface area contributed by atoms with Crippen LogP contribution in [0.3, 0.4) is 0 Å². The third kappa shape index (κ3) is 4.04. The van der Waals surface area contributed by atoms with Crippen LogP contribution in [0.1, 0.15) is 0 Å². The van der Waals surface area contributed by atoms with Crippen LogP contribution in [-0.4, -0.2) is 69.4 Å². The van der Waals surface area contributed by atoms with Gasteiger partial charge in [-0.15, -0.1) is 0 Å². The summed E-state index contributed by atoms with van der Waals surface area (Å²) >= 11 is 0. The smallest absolute Gasteiger partial charge is 0.0949 e. The van der Waals surface area contributed by atoms with Crippen molar-refractivity contribution in [1.29, 1.82) is 0 Å². The molecule has 1 aliphatic heterocycles. The van der Waals surface area contributed by atoms with Gasteiger partial charge in [0.1, 0.15) is 0 Å². The summed E-state index contributed by atoms with van der Waals surface area (Å²) in [4.78, 5) is 4.61. The second kappa shape index (κ2) is 6.32. The van der Waals surface area contributed by atoms with Gasteiger partial charge in [0.05, 0.1) is 13.2 Å². The van der Waals surface area contributed by atoms with Gasteiger partial charge in [-0.2, -0.15) is 0 Å². The Morgan fingerprint density at radius 2 is 1.62 bits per heavy atom. The summed E-state index contributed by atoms with van der Waals surface area (Å²) in [6.45, 7) is 6.77. The Balaban J connectivity index is 2.08. The van der Waals surface area contributed by atoms with Crippen LogP contribution in [0.15, 0.2) is 0 Å². The fraction of sp³-hybridized carbons (Fsp3) is 1.00. The molecule has 0 bridgehead atoms. The van der Waals surface area contributed by atoms with E-state index in [0.29, 0.717) is 6.54 Å². The van der Waals surface area contributed by atoms with Gasteiger partial charge in [0.15, 0.2) is 0 Å². The van der Waals surface area contributed by atoms with Crippen LogP contribution in [0, 0.1) is 0 Å². The van der Waals surface area contributed by atoms with E-state index >= 15 is 0 Å². The number of hydrogen-bond acceptors (Lipinski definition) is 3. The summed E-state index contributed by atoms with van der Waals surface area (Å²) in [6.07, 6.45) is 0. The van der Waals surface area contributed by atoms with E-state index in [1.54, 1.807) is 7.11 Å². The molecule has 0 atom stereocenters. The van der Waals surface area contributed by atoms with Crippen molar-refractivity contribution in [3.63, 3.8) is 0 Å². The van der Waals surface area contributed by atoms with E-state index in [2.05, 4.69) is 9.80 Å². The average Bonchev–Trinajstić information content (AvgIpc) is 2.17. The molecule has 1 fully saturated rings. The van der Waals surface area contributed by atoms with Crippen molar-refractivity contribution in [2.24, 2.45) is 0 Å². The first-order chi connectivity index (χ1) is 6.36. The number of ether oxygens (including phenoxy) is 1. The first-order valence-corrected chi connectivity index (χ1v) is 4.88. The van der Waals surface area contributed by atoms with E-state index in [1.165, 1.54) is 0 Å². The third-order valence-electron chi connectivity index (χ3n) is 2.48. The number of nitrogens with zero attached hydrogens (tertiary/aromatic N) is 2. The first kappa shape index (κ1) is 10.9. The normalized spacial score (nSPS) is 20.8. The molecule has 0 amide bonds. The molecular weight excluding hydrogens is 168 g/mol. The summed E-state index contributed by atoms with van der Waals surface area (Å²) in [5.41, 5.74) is 0. The van der Waals surface area contributed by atoms with Crippen LogP contribution in [0.4, 0.5) is 0 Å². The van der Waals surface area contributed by atoms with Crippen LogP contribution in [-0.2, 0) is 9.84 Å². The van der Waals surface area contributed by atoms with Crippen LogP contribution in [0.25, 0.3) is 0 Å². The second-order valence-electron chi connectivity index (χ2n) is 3.38. The van der Waals surface area contributed by atoms with E-state index < -0.39 is 0 Å². The number of hydrogen-bond donors (Lipinski definition) is 0. The lowest BCUT2D eigenvalue weighted by molar-refractivity contribution is 0.0758. The van der Waals surface area contributed by atoms with Gasteiger partial charge in [0.2, 0.25) is 0 Å². The van der Waals surface area contributed by atoms with Gasteiger partial charge < -0.3 is 4.74 Å². The Morgan fingerprint density at radius 3 is 2.08 bits per heavy atom. The van der Waals surface area contributed by atoms with Crippen molar-refractivity contribution < 1.29 is 9.84 Å². The monoisotopic (exact) mass is 187 g/mol. The van der Waals surface area contributed by atoms with Gasteiger partial charge in [-0.1, -0.05) is 0 Å². The minimum atomic E-state index is 0.0259. The SMILES string of the molecule is COCCN1CCN(CC[O])CC1. The second-order valence-corrected chi connectivity index (χ2v) is 3.38. The van der Waals surface area contributed by atoms with Crippen molar-refractivity contribution in [2.75, 3.05) is 59.6 Å². The molecule has 1 radical (unpaired) electrons. The molecule has 1 rings (SSSR count). The van der Waals surface area contributed by atoms with Crippen molar-refractivity contribution in [3.8, 4) is 0 Å². The molecule has 77 valence electrons. The summed E-state index contributed by atoms with van der Waals surface area (Å²) < 4.78 is 5.01. The molecular formula is C9H19N2O2. The standard InChI is InChI=1S/C9H19N2O2/c1-13-9-7-11-4-2-10(3-5-11)6-8-12/h2-9H2,1H3. The van der Waals surface area contributed by atoms with Gasteiger partial charge in [0, 0.05) is 46.4 Å². The summed E-state index contributed by atoms with van der Waals surface area (Å²) in [5.74, 6) is 0. The Labute approximate surface area is 80.1 Å². The van der Waals surface area contributed by atoms with Crippen molar-refractivity contribution in [3.05, 3.63) is 0 Å². The maximum Gasteiger partial charge on any atom is 0.0949 e. The quantitative estimate of drug-likeness (QED) is 0.592. The van der Waals surface area contributed by atoms with Crippen molar-refractivity contribution >= 4 is 0 Å². The molecule has 0 aliphatic carbocycles. The topological polar surface area (TPSA) is 35.6 Å². The zero-order valence-corrected chi connectivity index (χ0v) is 8.37. The van der Waals surface area contributed by atoms with E-state index in [1.807, 2.05) is 0 Å². The minimum Gasteiger partial charge on any atom is -0.383 e. The molecule has 0 saturated carbocycles. The lowest BCUT2D eigenvalue weighted by atomic mass is 10.3. The summed E-state index contributed by atoms with van der Waals surface area (Å²) in [5, 5.41) is 10.4. The molecule has 1 aliphatic rings. The molecule has 0 spiro atoms. The van der Waals surface area contributed by atoms with Gasteiger partial charge >= 0.3 is 0 Å². The third-order valence-corrected chi connectivity index (χ3v) is 2.48. The molecule has 1 heterocycles. The molecule has 0 aromatic heterocycles. The summed E-state index contributed by atoms with van der Waals surface area (Å²) in [6, 6.07) is 0. The first-order valence-electron chi connectivity index (χ1n) is 4.88. The maximum absolute atomic E-state index is 10.4. The molecule has 4 heteroatoms. The molecule has 0 unspecified atom stereocenters. The molecule has 4 nitrogen and oxygen atoms in total. The van der Waals surface area contributed by atoms with Gasteiger partial charge in [0.25, 0.3) is 0 Å². The molecule has 1 saturated heterocycles. The fourth-order valence-corrected chi connectivity index (χ4v) is 1.59. The van der Waals surface area contributed by atoms with Crippen LogP contribution < -0.4 is 0 Å². The molecule has 0 N–H and O–H groups in total. The lowest BCUT2D eigenvalue weighted by Gasteiger charge is -2.33. The van der Waals surface area contributed by atoms with Crippen LogP contribution in [0.5, 0.6) is 0 Å². The van der Waals surface area contributed by atoms with E-state index in [9.17, 15) is 5.11 Å². The molecule has 0 aromatic carbocycles. The van der Waals surface area contributed by atoms with Crippen molar-refractivity contribution in [2.45, 2.75) is 0 Å². The Hall–Kier alpha value is -0.160.